The lowest BCUT2D eigenvalue weighted by Gasteiger charge is -2.34. The molecule has 1 aromatic heterocycles. The van der Waals surface area contributed by atoms with Gasteiger partial charge in [0.25, 0.3) is 5.91 Å². The average molecular weight is 389 g/mol. The smallest absolute Gasteiger partial charge is 0.270 e. The highest BCUT2D eigenvalue weighted by atomic mass is 16.2. The molecule has 28 heavy (non-hydrogen) atoms. The van der Waals surface area contributed by atoms with Gasteiger partial charge < -0.3 is 16.0 Å². The lowest BCUT2D eigenvalue weighted by Crippen LogP contribution is -2.49. The number of rotatable bonds is 5. The van der Waals surface area contributed by atoms with Crippen molar-refractivity contribution in [2.45, 2.75) is 90.3 Å². The molecular formula is C22H36N4O2. The fourth-order valence-electron chi connectivity index (χ4n) is 3.50. The fourth-order valence-corrected chi connectivity index (χ4v) is 3.50. The predicted molar refractivity (Wildman–Crippen MR) is 112 cm³/mol. The SMILES string of the molecule is CC(C)(C)NC1CCC(NC(=O)CNC(=O)c2cccc(C(C)(C)C)n2)CC1. The number of aromatic nitrogens is 1. The number of pyridine rings is 1. The van der Waals surface area contributed by atoms with Gasteiger partial charge in [-0.3, -0.25) is 9.59 Å². The molecule has 0 bridgehead atoms. The number of hydrogen-bond donors (Lipinski definition) is 3. The topological polar surface area (TPSA) is 83.1 Å². The Balaban J connectivity index is 1.77. The predicted octanol–water partition coefficient (Wildman–Crippen LogP) is 2.92. The summed E-state index contributed by atoms with van der Waals surface area (Å²) in [5, 5.41) is 9.35. The van der Waals surface area contributed by atoms with E-state index in [-0.39, 0.29) is 35.4 Å². The Bertz CT molecular complexity index is 681. The van der Waals surface area contributed by atoms with Crippen molar-refractivity contribution < 1.29 is 9.59 Å². The highest BCUT2D eigenvalue weighted by Crippen LogP contribution is 2.21. The molecule has 1 fully saturated rings. The first-order chi connectivity index (χ1) is 12.9. The Kier molecular flexibility index (Phi) is 7.21. The Morgan fingerprint density at radius 1 is 1.00 bits per heavy atom. The molecule has 1 saturated carbocycles. The first-order valence-corrected chi connectivity index (χ1v) is 10.3. The molecule has 0 saturated heterocycles. The zero-order valence-corrected chi connectivity index (χ0v) is 18.2. The van der Waals surface area contributed by atoms with Crippen LogP contribution in [-0.2, 0) is 10.2 Å². The number of amides is 2. The first-order valence-electron chi connectivity index (χ1n) is 10.3. The van der Waals surface area contributed by atoms with E-state index in [1.165, 1.54) is 0 Å². The second kappa shape index (κ2) is 9.03. The summed E-state index contributed by atoms with van der Waals surface area (Å²) in [6.07, 6.45) is 4.03. The van der Waals surface area contributed by atoms with E-state index in [2.05, 4.69) is 62.5 Å². The number of nitrogens with one attached hydrogen (secondary N) is 3. The Morgan fingerprint density at radius 3 is 2.18 bits per heavy atom. The first kappa shape index (κ1) is 22.3. The van der Waals surface area contributed by atoms with Crippen molar-refractivity contribution in [2.24, 2.45) is 0 Å². The van der Waals surface area contributed by atoms with E-state index in [0.29, 0.717) is 11.7 Å². The quantitative estimate of drug-likeness (QED) is 0.724. The molecule has 156 valence electrons. The van der Waals surface area contributed by atoms with Gasteiger partial charge >= 0.3 is 0 Å². The van der Waals surface area contributed by atoms with Gasteiger partial charge in [-0.2, -0.15) is 0 Å². The van der Waals surface area contributed by atoms with Crippen LogP contribution in [0.2, 0.25) is 0 Å². The van der Waals surface area contributed by atoms with Crippen molar-refractivity contribution in [2.75, 3.05) is 6.54 Å². The Morgan fingerprint density at radius 2 is 1.61 bits per heavy atom. The summed E-state index contributed by atoms with van der Waals surface area (Å²) in [7, 11) is 0. The van der Waals surface area contributed by atoms with Crippen molar-refractivity contribution in [1.29, 1.82) is 0 Å². The van der Waals surface area contributed by atoms with Crippen LogP contribution in [0.25, 0.3) is 0 Å². The van der Waals surface area contributed by atoms with Crippen LogP contribution in [0, 0.1) is 0 Å². The molecule has 0 radical (unpaired) electrons. The molecule has 6 heteroatoms. The maximum absolute atomic E-state index is 12.3. The van der Waals surface area contributed by atoms with Gasteiger partial charge in [-0.15, -0.1) is 0 Å². The van der Waals surface area contributed by atoms with Crippen LogP contribution >= 0.6 is 0 Å². The molecule has 2 amide bonds. The minimum atomic E-state index is -0.320. The van der Waals surface area contributed by atoms with Crippen LogP contribution in [0.4, 0.5) is 0 Å². The van der Waals surface area contributed by atoms with Crippen LogP contribution in [0.15, 0.2) is 18.2 Å². The number of carbonyl (C=O) groups excluding carboxylic acids is 2. The Labute approximate surface area is 169 Å². The monoisotopic (exact) mass is 388 g/mol. The Hall–Kier alpha value is -1.95. The van der Waals surface area contributed by atoms with E-state index < -0.39 is 0 Å². The van der Waals surface area contributed by atoms with Crippen molar-refractivity contribution in [3.8, 4) is 0 Å². The van der Waals surface area contributed by atoms with E-state index in [0.717, 1.165) is 31.4 Å². The van der Waals surface area contributed by atoms with Crippen LogP contribution in [-0.4, -0.2) is 41.0 Å². The van der Waals surface area contributed by atoms with Gasteiger partial charge in [0.15, 0.2) is 0 Å². The van der Waals surface area contributed by atoms with Gasteiger partial charge in [-0.1, -0.05) is 26.8 Å². The van der Waals surface area contributed by atoms with Crippen molar-refractivity contribution in [1.82, 2.24) is 20.9 Å². The molecule has 3 N–H and O–H groups in total. The molecule has 2 rings (SSSR count). The van der Waals surface area contributed by atoms with Crippen molar-refractivity contribution in [3.05, 3.63) is 29.6 Å². The second-order valence-electron chi connectivity index (χ2n) is 9.85. The largest absolute Gasteiger partial charge is 0.352 e. The maximum atomic E-state index is 12.3. The third-order valence-electron chi connectivity index (χ3n) is 4.89. The van der Waals surface area contributed by atoms with Crippen molar-refractivity contribution >= 4 is 11.8 Å². The maximum Gasteiger partial charge on any atom is 0.270 e. The van der Waals surface area contributed by atoms with E-state index >= 15 is 0 Å². The highest BCUT2D eigenvalue weighted by molar-refractivity contribution is 5.94. The van der Waals surface area contributed by atoms with E-state index in [1.807, 2.05) is 12.1 Å². The summed E-state index contributed by atoms with van der Waals surface area (Å²) in [4.78, 5) is 29.0. The van der Waals surface area contributed by atoms with E-state index in [1.54, 1.807) is 6.07 Å². The lowest BCUT2D eigenvalue weighted by atomic mass is 9.89. The van der Waals surface area contributed by atoms with Gasteiger partial charge in [0.1, 0.15) is 5.69 Å². The number of carbonyl (C=O) groups is 2. The van der Waals surface area contributed by atoms with Crippen LogP contribution in [0.3, 0.4) is 0 Å². The normalized spacial score (nSPS) is 20.5. The fraction of sp³-hybridized carbons (Fsp3) is 0.682. The minimum Gasteiger partial charge on any atom is -0.352 e. The third kappa shape index (κ3) is 7.23. The summed E-state index contributed by atoms with van der Waals surface area (Å²) in [6, 6.07) is 6.10. The molecule has 1 aliphatic carbocycles. The van der Waals surface area contributed by atoms with Crippen molar-refractivity contribution in [3.63, 3.8) is 0 Å². The molecule has 6 nitrogen and oxygen atoms in total. The zero-order chi connectivity index (χ0) is 20.9. The zero-order valence-electron chi connectivity index (χ0n) is 18.2. The van der Waals surface area contributed by atoms with Crippen LogP contribution in [0.1, 0.15) is 83.4 Å². The molecule has 1 aliphatic rings. The highest BCUT2D eigenvalue weighted by Gasteiger charge is 2.25. The number of nitrogens with zero attached hydrogens (tertiary/aromatic N) is 1. The summed E-state index contributed by atoms with van der Waals surface area (Å²) in [5.41, 5.74) is 1.18. The standard InChI is InChI=1S/C22H36N4O2/c1-21(2,3)18-9-7-8-17(25-18)20(28)23-14-19(27)24-15-10-12-16(13-11-15)26-22(4,5)6/h7-9,15-16,26H,10-14H2,1-6H3,(H,23,28)(H,24,27). The van der Waals surface area contributed by atoms with Gasteiger partial charge in [-0.05, 0) is 58.6 Å². The summed E-state index contributed by atoms with van der Waals surface area (Å²) >= 11 is 0. The third-order valence-corrected chi connectivity index (χ3v) is 4.89. The van der Waals surface area contributed by atoms with E-state index in [9.17, 15) is 9.59 Å². The average Bonchev–Trinajstić information content (AvgIpc) is 2.59. The molecule has 0 unspecified atom stereocenters. The molecular weight excluding hydrogens is 352 g/mol. The van der Waals surface area contributed by atoms with E-state index in [4.69, 9.17) is 0 Å². The minimum absolute atomic E-state index is 0.0274. The van der Waals surface area contributed by atoms with Gasteiger partial charge in [0, 0.05) is 28.7 Å². The lowest BCUT2D eigenvalue weighted by molar-refractivity contribution is -0.121. The van der Waals surface area contributed by atoms with Gasteiger partial charge in [0.05, 0.1) is 6.54 Å². The second-order valence-corrected chi connectivity index (χ2v) is 9.85. The number of hydrogen-bond acceptors (Lipinski definition) is 4. The molecule has 0 aliphatic heterocycles. The summed E-state index contributed by atoms with van der Waals surface area (Å²) < 4.78 is 0. The summed E-state index contributed by atoms with van der Waals surface area (Å²) in [5.74, 6) is -0.466. The van der Waals surface area contributed by atoms with Crippen LogP contribution in [0.5, 0.6) is 0 Å². The van der Waals surface area contributed by atoms with Crippen LogP contribution < -0.4 is 16.0 Å². The van der Waals surface area contributed by atoms with Gasteiger partial charge in [0.2, 0.25) is 5.91 Å². The van der Waals surface area contributed by atoms with Gasteiger partial charge in [-0.25, -0.2) is 4.98 Å². The molecule has 1 aromatic rings. The molecule has 0 aromatic carbocycles. The molecule has 0 atom stereocenters. The molecule has 0 spiro atoms. The molecule has 1 heterocycles. The summed E-state index contributed by atoms with van der Waals surface area (Å²) in [6.45, 7) is 12.7.